The third kappa shape index (κ3) is 2.49. The van der Waals surface area contributed by atoms with Crippen molar-refractivity contribution in [1.29, 1.82) is 0 Å². The smallest absolute Gasteiger partial charge is 0.0320 e. The van der Waals surface area contributed by atoms with E-state index in [0.717, 1.165) is 17.8 Å². The molecular formula is C35H22N2. The standard InChI is InChI=1S/C35H22N2/c36-26-4-6-28-20(12-26)10-22-16-32-24(14-30(22)28)8-18-2-1-3-19-9-25-15-31-23(17-33(25)35(32)34(18)19)11-21-13-27(37)5-7-29(21)31/h1-12,14-17H,13,36-37H2. The molecule has 0 fully saturated rings. The Bertz CT molecular complexity index is 2220. The summed E-state index contributed by atoms with van der Waals surface area (Å²) in [5, 5.41) is 11.7. The van der Waals surface area contributed by atoms with E-state index in [-0.39, 0.29) is 0 Å². The zero-order chi connectivity index (χ0) is 24.4. The van der Waals surface area contributed by atoms with Gasteiger partial charge in [0.1, 0.15) is 0 Å². The number of benzene rings is 6. The van der Waals surface area contributed by atoms with Gasteiger partial charge < -0.3 is 11.5 Å². The van der Waals surface area contributed by atoms with Gasteiger partial charge in [-0.3, -0.25) is 0 Å². The molecule has 0 heterocycles. The van der Waals surface area contributed by atoms with Crippen LogP contribution in [0.2, 0.25) is 0 Å². The summed E-state index contributed by atoms with van der Waals surface area (Å²) in [5.74, 6) is 0. The summed E-state index contributed by atoms with van der Waals surface area (Å²) >= 11 is 0. The lowest BCUT2D eigenvalue weighted by Crippen LogP contribution is -2.02. The average molecular weight is 471 g/mol. The maximum atomic E-state index is 6.16. The fourth-order valence-electron chi connectivity index (χ4n) is 6.88. The maximum Gasteiger partial charge on any atom is 0.0320 e. The Morgan fingerprint density at radius 1 is 0.568 bits per heavy atom. The van der Waals surface area contributed by atoms with E-state index in [1.54, 1.807) is 0 Å². The maximum absolute atomic E-state index is 6.16. The summed E-state index contributed by atoms with van der Waals surface area (Å²) < 4.78 is 0. The van der Waals surface area contributed by atoms with Gasteiger partial charge in [-0.2, -0.15) is 0 Å². The second-order valence-corrected chi connectivity index (χ2v) is 10.7. The van der Waals surface area contributed by atoms with Crippen LogP contribution in [0, 0.1) is 0 Å². The van der Waals surface area contributed by atoms with E-state index in [1.807, 2.05) is 6.07 Å². The first kappa shape index (κ1) is 19.4. The van der Waals surface area contributed by atoms with E-state index in [9.17, 15) is 0 Å². The number of nitrogen functional groups attached to an aromatic ring is 1. The molecule has 0 aromatic heterocycles. The molecule has 0 spiro atoms. The predicted molar refractivity (Wildman–Crippen MR) is 158 cm³/mol. The summed E-state index contributed by atoms with van der Waals surface area (Å²) in [4.78, 5) is 0. The lowest BCUT2D eigenvalue weighted by atomic mass is 9.88. The molecule has 0 atom stereocenters. The third-order valence-electron chi connectivity index (χ3n) is 8.48. The van der Waals surface area contributed by atoms with Gasteiger partial charge in [-0.15, -0.1) is 0 Å². The molecule has 4 N–H and O–H groups in total. The van der Waals surface area contributed by atoms with Crippen LogP contribution in [0.25, 0.3) is 71.9 Å². The Balaban J connectivity index is 1.43. The molecule has 0 saturated heterocycles. The van der Waals surface area contributed by atoms with Crippen LogP contribution in [-0.4, -0.2) is 0 Å². The monoisotopic (exact) mass is 470 g/mol. The van der Waals surface area contributed by atoms with Crippen LogP contribution in [0.3, 0.4) is 0 Å². The quantitative estimate of drug-likeness (QED) is 0.137. The van der Waals surface area contributed by atoms with E-state index in [0.29, 0.717) is 0 Å². The molecule has 2 heteroatoms. The van der Waals surface area contributed by atoms with Crippen molar-refractivity contribution >= 4 is 66.5 Å². The molecule has 2 nitrogen and oxygen atoms in total. The van der Waals surface area contributed by atoms with E-state index >= 15 is 0 Å². The SMILES string of the molecule is NC1=CC=C2C(=Cc3cc4c(cc32)cc2cccc3cc5cc6c(cc5c4c23)=Cc2cc(N)ccc2-6)C1. The van der Waals surface area contributed by atoms with Crippen molar-refractivity contribution in [2.75, 3.05) is 5.73 Å². The fourth-order valence-corrected chi connectivity index (χ4v) is 6.88. The Morgan fingerprint density at radius 2 is 1.32 bits per heavy atom. The van der Waals surface area contributed by atoms with E-state index < -0.39 is 0 Å². The summed E-state index contributed by atoms with van der Waals surface area (Å²) in [6, 6.07) is 27.2. The minimum Gasteiger partial charge on any atom is -0.402 e. The highest BCUT2D eigenvalue weighted by atomic mass is 14.6. The summed E-state index contributed by atoms with van der Waals surface area (Å²) in [5.41, 5.74) is 23.0. The summed E-state index contributed by atoms with van der Waals surface area (Å²) in [7, 11) is 0. The normalized spacial score (nSPS) is 15.3. The van der Waals surface area contributed by atoms with Crippen LogP contribution in [0.1, 0.15) is 23.1 Å². The largest absolute Gasteiger partial charge is 0.402 e. The van der Waals surface area contributed by atoms with E-state index in [1.165, 1.54) is 87.3 Å². The average Bonchev–Trinajstić information content (AvgIpc) is 3.41. The molecule has 0 aliphatic heterocycles. The molecule has 9 rings (SSSR count). The number of hydrogen-bond acceptors (Lipinski definition) is 2. The summed E-state index contributed by atoms with van der Waals surface area (Å²) in [6.07, 6.45) is 9.66. The molecule has 0 amide bonds. The number of anilines is 1. The van der Waals surface area contributed by atoms with Crippen LogP contribution >= 0.6 is 0 Å². The van der Waals surface area contributed by atoms with Crippen LogP contribution in [0.4, 0.5) is 5.69 Å². The molecular weight excluding hydrogens is 448 g/mol. The highest BCUT2D eigenvalue weighted by molar-refractivity contribution is 6.31. The summed E-state index contributed by atoms with van der Waals surface area (Å²) in [6.45, 7) is 0. The molecule has 6 aromatic rings. The number of hydrogen-bond donors (Lipinski definition) is 2. The lowest BCUT2D eigenvalue weighted by Gasteiger charge is -2.16. The van der Waals surface area contributed by atoms with Gasteiger partial charge in [0.25, 0.3) is 0 Å². The highest BCUT2D eigenvalue weighted by Crippen LogP contribution is 2.45. The van der Waals surface area contributed by atoms with Gasteiger partial charge in [-0.25, -0.2) is 0 Å². The molecule has 3 aliphatic rings. The Hall–Kier alpha value is -4.82. The van der Waals surface area contributed by atoms with Crippen molar-refractivity contribution in [2.24, 2.45) is 5.73 Å². The van der Waals surface area contributed by atoms with Crippen LogP contribution in [-0.2, 0) is 0 Å². The van der Waals surface area contributed by atoms with Crippen molar-refractivity contribution in [3.63, 3.8) is 0 Å². The van der Waals surface area contributed by atoms with Crippen molar-refractivity contribution in [2.45, 2.75) is 6.42 Å². The van der Waals surface area contributed by atoms with Gasteiger partial charge >= 0.3 is 0 Å². The Labute approximate surface area is 213 Å². The first-order chi connectivity index (χ1) is 18.1. The van der Waals surface area contributed by atoms with Crippen molar-refractivity contribution < 1.29 is 0 Å². The number of rotatable bonds is 0. The molecule has 0 radical (unpaired) electrons. The third-order valence-corrected chi connectivity index (χ3v) is 8.48. The molecule has 0 saturated carbocycles. The van der Waals surface area contributed by atoms with Gasteiger partial charge in [0.15, 0.2) is 0 Å². The Morgan fingerprint density at radius 3 is 2.16 bits per heavy atom. The van der Waals surface area contributed by atoms with E-state index in [4.69, 9.17) is 11.5 Å². The number of nitrogens with two attached hydrogens (primary N) is 2. The van der Waals surface area contributed by atoms with Gasteiger partial charge in [0, 0.05) is 17.8 Å². The van der Waals surface area contributed by atoms with Gasteiger partial charge in [0.05, 0.1) is 0 Å². The van der Waals surface area contributed by atoms with E-state index in [2.05, 4.69) is 91.0 Å². The lowest BCUT2D eigenvalue weighted by molar-refractivity contribution is 1.12. The van der Waals surface area contributed by atoms with Crippen molar-refractivity contribution in [1.82, 2.24) is 0 Å². The Kier molecular flexibility index (Phi) is 3.40. The minimum absolute atomic E-state index is 0.804. The van der Waals surface area contributed by atoms with Crippen LogP contribution in [0.15, 0.2) is 96.2 Å². The minimum atomic E-state index is 0.804. The highest BCUT2D eigenvalue weighted by Gasteiger charge is 2.23. The van der Waals surface area contributed by atoms with Crippen molar-refractivity contribution in [3.8, 4) is 11.1 Å². The van der Waals surface area contributed by atoms with Gasteiger partial charge in [-0.1, -0.05) is 36.4 Å². The molecule has 0 unspecified atom stereocenters. The predicted octanol–water partition coefficient (Wildman–Crippen LogP) is 7.44. The second-order valence-electron chi connectivity index (χ2n) is 10.7. The first-order valence-electron chi connectivity index (χ1n) is 12.8. The van der Waals surface area contributed by atoms with Crippen molar-refractivity contribution in [3.05, 3.63) is 118 Å². The number of allylic oxidation sites excluding steroid dienone is 4. The fraction of sp³-hybridized carbons (Fsp3) is 0.0286. The zero-order valence-electron chi connectivity index (χ0n) is 20.1. The topological polar surface area (TPSA) is 52.0 Å². The molecule has 3 aliphatic carbocycles. The first-order valence-corrected chi connectivity index (χ1v) is 12.8. The number of fused-ring (bicyclic) bond motifs is 10. The second kappa shape index (κ2) is 6.48. The van der Waals surface area contributed by atoms with Gasteiger partial charge in [0.2, 0.25) is 0 Å². The molecule has 37 heavy (non-hydrogen) atoms. The molecule has 172 valence electrons. The molecule has 0 bridgehead atoms. The zero-order valence-corrected chi connectivity index (χ0v) is 20.1. The molecule has 6 aromatic carbocycles. The van der Waals surface area contributed by atoms with Gasteiger partial charge in [-0.05, 0) is 148 Å². The van der Waals surface area contributed by atoms with Crippen LogP contribution in [0.5, 0.6) is 0 Å². The van der Waals surface area contributed by atoms with Crippen LogP contribution < -0.4 is 16.7 Å².